The largest absolute Gasteiger partial charge is 0.330 e. The van der Waals surface area contributed by atoms with Crippen molar-refractivity contribution >= 4 is 0 Å². The van der Waals surface area contributed by atoms with Crippen molar-refractivity contribution in [2.75, 3.05) is 19.6 Å². The maximum Gasteiger partial charge on any atom is -0.00773 e. The van der Waals surface area contributed by atoms with E-state index in [4.69, 9.17) is 5.73 Å². The Bertz CT molecular complexity index is 165. The average Bonchev–Trinajstić information content (AvgIpc) is 2.60. The first-order chi connectivity index (χ1) is 11.8. The molecule has 148 valence electrons. The Hall–Kier alpha value is -0.0800. The molecule has 0 aromatic rings. The molecular formula is C22H50N2. The zero-order chi connectivity index (χ0) is 18.1. The predicted molar refractivity (Wildman–Crippen MR) is 113 cm³/mol. The molecule has 0 rings (SSSR count). The summed E-state index contributed by atoms with van der Waals surface area (Å²) in [6, 6.07) is 0. The van der Waals surface area contributed by atoms with Crippen molar-refractivity contribution in [2.24, 2.45) is 5.73 Å². The summed E-state index contributed by atoms with van der Waals surface area (Å²) in [5.74, 6) is 0. The lowest BCUT2D eigenvalue weighted by atomic mass is 10.0. The lowest BCUT2D eigenvalue weighted by Gasteiger charge is -2.03. The molecule has 0 saturated carbocycles. The van der Waals surface area contributed by atoms with Gasteiger partial charge in [-0.3, -0.25) is 0 Å². The molecule has 0 heterocycles. The van der Waals surface area contributed by atoms with Gasteiger partial charge in [0.15, 0.2) is 0 Å². The first-order valence-electron chi connectivity index (χ1n) is 11.2. The van der Waals surface area contributed by atoms with Gasteiger partial charge in [-0.1, -0.05) is 117 Å². The van der Waals surface area contributed by atoms with Gasteiger partial charge in [0.2, 0.25) is 0 Å². The van der Waals surface area contributed by atoms with E-state index in [9.17, 15) is 0 Å². The van der Waals surface area contributed by atoms with Crippen LogP contribution in [0.3, 0.4) is 0 Å². The summed E-state index contributed by atoms with van der Waals surface area (Å²) >= 11 is 0. The highest BCUT2D eigenvalue weighted by atomic mass is 14.8. The third-order valence-corrected chi connectivity index (χ3v) is 4.56. The number of unbranched alkanes of at least 4 members (excludes halogenated alkanes) is 15. The zero-order valence-electron chi connectivity index (χ0n) is 17.5. The van der Waals surface area contributed by atoms with E-state index in [1.165, 1.54) is 103 Å². The monoisotopic (exact) mass is 342 g/mol. The van der Waals surface area contributed by atoms with Crippen molar-refractivity contribution < 1.29 is 0 Å². The van der Waals surface area contributed by atoms with Gasteiger partial charge < -0.3 is 11.1 Å². The lowest BCUT2D eigenvalue weighted by Crippen LogP contribution is -2.09. The topological polar surface area (TPSA) is 38.0 Å². The number of nitrogens with one attached hydrogen (secondary N) is 1. The highest BCUT2D eigenvalue weighted by molar-refractivity contribution is 4.50. The number of rotatable bonds is 18. The van der Waals surface area contributed by atoms with Crippen LogP contribution in [0.25, 0.3) is 0 Å². The van der Waals surface area contributed by atoms with Gasteiger partial charge in [-0.2, -0.15) is 0 Å². The van der Waals surface area contributed by atoms with Crippen molar-refractivity contribution in [1.29, 1.82) is 0 Å². The lowest BCUT2D eigenvalue weighted by molar-refractivity contribution is 0.530. The Morgan fingerprint density at radius 3 is 0.958 bits per heavy atom. The minimum Gasteiger partial charge on any atom is -0.330 e. The Morgan fingerprint density at radius 2 is 0.750 bits per heavy atom. The fraction of sp³-hybridized carbons (Fsp3) is 1.00. The third kappa shape index (κ3) is 29.9. The predicted octanol–water partition coefficient (Wildman–Crippen LogP) is 6.82. The molecule has 0 atom stereocenters. The maximum atomic E-state index is 5.48. The molecule has 0 spiro atoms. The molecule has 2 nitrogen and oxygen atoms in total. The van der Waals surface area contributed by atoms with Crippen LogP contribution in [0.4, 0.5) is 0 Å². The third-order valence-electron chi connectivity index (χ3n) is 4.56. The van der Waals surface area contributed by atoms with E-state index < -0.39 is 0 Å². The van der Waals surface area contributed by atoms with E-state index in [2.05, 4.69) is 26.1 Å². The number of hydrogen-bond donors (Lipinski definition) is 2. The minimum atomic E-state index is 0.873. The summed E-state index contributed by atoms with van der Waals surface area (Å²) in [4.78, 5) is 0. The molecule has 0 aliphatic rings. The van der Waals surface area contributed by atoms with Gasteiger partial charge in [-0.15, -0.1) is 0 Å². The van der Waals surface area contributed by atoms with Gasteiger partial charge in [0.05, 0.1) is 0 Å². The van der Waals surface area contributed by atoms with Crippen LogP contribution in [-0.4, -0.2) is 19.6 Å². The van der Waals surface area contributed by atoms with Crippen LogP contribution in [0, 0.1) is 0 Å². The number of nitrogens with two attached hydrogens (primary N) is 1. The molecular weight excluding hydrogens is 292 g/mol. The van der Waals surface area contributed by atoms with E-state index in [0.717, 1.165) is 19.6 Å². The molecule has 0 aromatic carbocycles. The highest BCUT2D eigenvalue weighted by Gasteiger charge is 1.94. The van der Waals surface area contributed by atoms with Crippen molar-refractivity contribution in [3.8, 4) is 0 Å². The van der Waals surface area contributed by atoms with E-state index in [-0.39, 0.29) is 0 Å². The summed E-state index contributed by atoms with van der Waals surface area (Å²) < 4.78 is 0. The van der Waals surface area contributed by atoms with Crippen LogP contribution in [0.1, 0.15) is 124 Å². The Balaban J connectivity index is 0. The van der Waals surface area contributed by atoms with Crippen LogP contribution in [-0.2, 0) is 0 Å². The first kappa shape index (κ1) is 26.2. The molecule has 0 fully saturated rings. The van der Waals surface area contributed by atoms with Gasteiger partial charge in [-0.05, 0) is 26.1 Å². The second-order valence-electron chi connectivity index (χ2n) is 7.05. The van der Waals surface area contributed by atoms with Gasteiger partial charge in [0, 0.05) is 0 Å². The summed E-state index contributed by atoms with van der Waals surface area (Å²) in [6.45, 7) is 9.55. The Morgan fingerprint density at radius 1 is 0.458 bits per heavy atom. The summed E-state index contributed by atoms with van der Waals surface area (Å²) in [6.07, 6.45) is 22.9. The van der Waals surface area contributed by atoms with E-state index in [1.807, 2.05) is 0 Å². The molecule has 0 radical (unpaired) electrons. The van der Waals surface area contributed by atoms with Crippen LogP contribution >= 0.6 is 0 Å². The highest BCUT2D eigenvalue weighted by Crippen LogP contribution is 2.13. The van der Waals surface area contributed by atoms with Gasteiger partial charge in [0.1, 0.15) is 0 Å². The summed E-state index contributed by atoms with van der Waals surface area (Å²) in [5.41, 5.74) is 5.48. The smallest absolute Gasteiger partial charge is 0.00773 e. The standard InChI is InChI=1S/C18H39N.C4H11N/c1-2-3-4-5-6-7-8-9-10-11-12-13-14-15-16-17-18-19;1-3-5-4-2/h2-19H2,1H3;5H,3-4H2,1-2H3. The summed E-state index contributed by atoms with van der Waals surface area (Å²) in [7, 11) is 0. The first-order valence-corrected chi connectivity index (χ1v) is 11.2. The van der Waals surface area contributed by atoms with Crippen LogP contribution in [0.5, 0.6) is 0 Å². The zero-order valence-corrected chi connectivity index (χ0v) is 17.5. The van der Waals surface area contributed by atoms with Crippen molar-refractivity contribution in [3.63, 3.8) is 0 Å². The molecule has 0 aliphatic carbocycles. The fourth-order valence-electron chi connectivity index (χ4n) is 2.94. The van der Waals surface area contributed by atoms with E-state index in [0.29, 0.717) is 0 Å². The molecule has 3 N–H and O–H groups in total. The molecule has 0 saturated heterocycles. The van der Waals surface area contributed by atoms with Gasteiger partial charge >= 0.3 is 0 Å². The molecule has 2 heteroatoms. The quantitative estimate of drug-likeness (QED) is 0.268. The molecule has 24 heavy (non-hydrogen) atoms. The molecule has 0 aliphatic heterocycles. The van der Waals surface area contributed by atoms with E-state index >= 15 is 0 Å². The average molecular weight is 343 g/mol. The molecule has 0 amide bonds. The second-order valence-corrected chi connectivity index (χ2v) is 7.05. The SMILES string of the molecule is CCCCCCCCCCCCCCCCCCN.CCNCC. The van der Waals surface area contributed by atoms with Crippen LogP contribution < -0.4 is 11.1 Å². The Labute approximate surface area is 154 Å². The second kappa shape index (κ2) is 27.8. The number of hydrogen-bond acceptors (Lipinski definition) is 2. The van der Waals surface area contributed by atoms with Gasteiger partial charge in [0.25, 0.3) is 0 Å². The normalized spacial score (nSPS) is 10.5. The van der Waals surface area contributed by atoms with E-state index in [1.54, 1.807) is 0 Å². The molecule has 0 unspecified atom stereocenters. The van der Waals surface area contributed by atoms with Gasteiger partial charge in [-0.25, -0.2) is 0 Å². The minimum absolute atomic E-state index is 0.873. The van der Waals surface area contributed by atoms with Crippen LogP contribution in [0.15, 0.2) is 0 Å². The Kier molecular flexibility index (Phi) is 30.2. The fourth-order valence-corrected chi connectivity index (χ4v) is 2.94. The van der Waals surface area contributed by atoms with Crippen molar-refractivity contribution in [1.82, 2.24) is 5.32 Å². The molecule has 0 bridgehead atoms. The van der Waals surface area contributed by atoms with Crippen molar-refractivity contribution in [3.05, 3.63) is 0 Å². The van der Waals surface area contributed by atoms with Crippen molar-refractivity contribution in [2.45, 2.75) is 124 Å². The summed E-state index contributed by atoms with van der Waals surface area (Å²) in [5, 5.41) is 3.11. The molecule has 0 aromatic heterocycles. The van der Waals surface area contributed by atoms with Crippen LogP contribution in [0.2, 0.25) is 0 Å². The maximum absolute atomic E-state index is 5.48.